The normalized spacial score (nSPS) is 16.7. The van der Waals surface area contributed by atoms with Crippen LogP contribution in [0.3, 0.4) is 0 Å². The van der Waals surface area contributed by atoms with Crippen LogP contribution in [0.15, 0.2) is 59.7 Å². The number of tetrazole rings is 1. The van der Waals surface area contributed by atoms with Gasteiger partial charge in [0.25, 0.3) is 0 Å². The second-order valence-electron chi connectivity index (χ2n) is 6.89. The number of hydrazone groups is 1. The summed E-state index contributed by atoms with van der Waals surface area (Å²) in [6, 6.07) is 18.2. The highest BCUT2D eigenvalue weighted by Crippen LogP contribution is 2.35. The quantitative estimate of drug-likeness (QED) is 0.532. The molecule has 0 radical (unpaired) electrons. The molecule has 5 rings (SSSR count). The van der Waals surface area contributed by atoms with Crippen molar-refractivity contribution in [1.29, 1.82) is 0 Å². The molecule has 7 nitrogen and oxygen atoms in total. The van der Waals surface area contributed by atoms with Crippen molar-refractivity contribution in [3.8, 4) is 0 Å². The summed E-state index contributed by atoms with van der Waals surface area (Å²) < 4.78 is 1.77. The molecule has 28 heavy (non-hydrogen) atoms. The standard InChI is InChI=1S/C20H17N7S/c1-12-7-8-17-14(9-12)10-15(19-22-24-25-26(17)19)18-11-16(23-27(18)20(21)28)13-5-3-2-4-6-13/h2-10,18H,11H2,1H3,(H2,21,28). The average molecular weight is 387 g/mol. The number of thiocarbonyl (C=S) groups is 1. The topological polar surface area (TPSA) is 84.7 Å². The van der Waals surface area contributed by atoms with Crippen molar-refractivity contribution in [2.45, 2.75) is 19.4 Å². The second-order valence-corrected chi connectivity index (χ2v) is 7.31. The van der Waals surface area contributed by atoms with Gasteiger partial charge in [0, 0.05) is 17.4 Å². The Balaban J connectivity index is 1.68. The third-order valence-electron chi connectivity index (χ3n) is 5.05. The van der Waals surface area contributed by atoms with Gasteiger partial charge in [0.05, 0.1) is 17.3 Å². The van der Waals surface area contributed by atoms with E-state index >= 15 is 0 Å². The maximum atomic E-state index is 6.01. The molecular formula is C20H17N7S. The van der Waals surface area contributed by atoms with Gasteiger partial charge in [-0.25, -0.2) is 5.01 Å². The van der Waals surface area contributed by atoms with Gasteiger partial charge in [-0.1, -0.05) is 42.0 Å². The summed E-state index contributed by atoms with van der Waals surface area (Å²) in [7, 11) is 0. The molecule has 8 heteroatoms. The van der Waals surface area contributed by atoms with Gasteiger partial charge >= 0.3 is 0 Å². The van der Waals surface area contributed by atoms with Crippen LogP contribution in [0.4, 0.5) is 0 Å². The van der Waals surface area contributed by atoms with E-state index in [-0.39, 0.29) is 11.2 Å². The number of aromatic nitrogens is 4. The lowest BCUT2D eigenvalue weighted by atomic mass is 9.97. The van der Waals surface area contributed by atoms with Gasteiger partial charge < -0.3 is 5.73 Å². The van der Waals surface area contributed by atoms with Crippen molar-refractivity contribution in [2.24, 2.45) is 10.8 Å². The number of benzene rings is 2. The molecule has 0 saturated carbocycles. The van der Waals surface area contributed by atoms with E-state index in [2.05, 4.69) is 40.6 Å². The predicted octanol–water partition coefficient (Wildman–Crippen LogP) is 2.98. The Morgan fingerprint density at radius 3 is 2.75 bits per heavy atom. The number of hydrogen-bond donors (Lipinski definition) is 1. The number of nitrogens with zero attached hydrogens (tertiary/aromatic N) is 6. The highest BCUT2D eigenvalue weighted by atomic mass is 32.1. The molecule has 1 aliphatic rings. The molecule has 0 bridgehead atoms. The number of aryl methyl sites for hydroxylation is 1. The molecule has 4 aromatic rings. The summed E-state index contributed by atoms with van der Waals surface area (Å²) in [5, 5.41) is 20.1. The molecule has 0 fully saturated rings. The Labute approximate surface area is 166 Å². The molecule has 1 atom stereocenters. The van der Waals surface area contributed by atoms with Crippen LogP contribution in [0.1, 0.15) is 29.2 Å². The van der Waals surface area contributed by atoms with E-state index in [0.29, 0.717) is 12.1 Å². The van der Waals surface area contributed by atoms with Crippen LogP contribution in [-0.2, 0) is 0 Å². The summed E-state index contributed by atoms with van der Waals surface area (Å²) in [5.74, 6) is 0. The van der Waals surface area contributed by atoms with Gasteiger partial charge in [0.1, 0.15) is 0 Å². The number of pyridine rings is 1. The summed E-state index contributed by atoms with van der Waals surface area (Å²) in [6.45, 7) is 2.07. The Morgan fingerprint density at radius 1 is 1.14 bits per heavy atom. The maximum Gasteiger partial charge on any atom is 0.187 e. The van der Waals surface area contributed by atoms with Gasteiger partial charge in [-0.2, -0.15) is 9.62 Å². The second kappa shape index (κ2) is 6.35. The molecule has 2 N–H and O–H groups in total. The number of nitrogens with two attached hydrogens (primary N) is 1. The Morgan fingerprint density at radius 2 is 1.96 bits per heavy atom. The SMILES string of the molecule is Cc1ccc2c(c1)cc(C1CC(c3ccccc3)=NN1C(N)=S)c1nnnn12. The van der Waals surface area contributed by atoms with Gasteiger partial charge in [-0.3, -0.25) is 0 Å². The minimum atomic E-state index is -0.161. The van der Waals surface area contributed by atoms with E-state index in [4.69, 9.17) is 23.1 Å². The molecule has 0 amide bonds. The third kappa shape index (κ3) is 2.61. The first-order valence-electron chi connectivity index (χ1n) is 8.95. The van der Waals surface area contributed by atoms with Crippen LogP contribution in [0.25, 0.3) is 16.6 Å². The molecule has 0 aliphatic carbocycles. The molecule has 0 saturated heterocycles. The van der Waals surface area contributed by atoms with Gasteiger partial charge in [-0.15, -0.1) is 5.10 Å². The van der Waals surface area contributed by atoms with E-state index in [1.807, 2.05) is 36.4 Å². The predicted molar refractivity (Wildman–Crippen MR) is 112 cm³/mol. The van der Waals surface area contributed by atoms with E-state index < -0.39 is 0 Å². The van der Waals surface area contributed by atoms with E-state index in [1.165, 1.54) is 5.56 Å². The summed E-state index contributed by atoms with van der Waals surface area (Å²) in [6.07, 6.45) is 0.668. The fourth-order valence-corrected chi connectivity index (χ4v) is 3.92. The van der Waals surface area contributed by atoms with Crippen LogP contribution in [0.2, 0.25) is 0 Å². The van der Waals surface area contributed by atoms with Crippen LogP contribution in [0.5, 0.6) is 0 Å². The zero-order valence-corrected chi connectivity index (χ0v) is 16.0. The monoisotopic (exact) mass is 387 g/mol. The molecule has 138 valence electrons. The lowest BCUT2D eigenvalue weighted by Crippen LogP contribution is -2.32. The first kappa shape index (κ1) is 16.8. The summed E-state index contributed by atoms with van der Waals surface area (Å²) >= 11 is 5.29. The molecule has 1 aliphatic heterocycles. The smallest absolute Gasteiger partial charge is 0.187 e. The van der Waals surface area contributed by atoms with Gasteiger partial charge in [0.2, 0.25) is 0 Å². The number of hydrogen-bond acceptors (Lipinski definition) is 5. The zero-order valence-electron chi connectivity index (χ0n) is 15.1. The molecule has 2 aromatic carbocycles. The fourth-order valence-electron chi connectivity index (χ4n) is 3.75. The van der Waals surface area contributed by atoms with Crippen LogP contribution in [0, 0.1) is 6.92 Å². The van der Waals surface area contributed by atoms with E-state index in [0.717, 1.165) is 27.7 Å². The minimum absolute atomic E-state index is 0.161. The molecule has 1 unspecified atom stereocenters. The highest BCUT2D eigenvalue weighted by molar-refractivity contribution is 7.80. The number of fused-ring (bicyclic) bond motifs is 3. The van der Waals surface area contributed by atoms with Gasteiger partial charge in [-0.05, 0) is 53.3 Å². The van der Waals surface area contributed by atoms with Crippen molar-refractivity contribution in [1.82, 2.24) is 25.0 Å². The Kier molecular flexibility index (Phi) is 3.80. The van der Waals surface area contributed by atoms with Crippen molar-refractivity contribution < 1.29 is 0 Å². The first-order chi connectivity index (χ1) is 13.6. The lowest BCUT2D eigenvalue weighted by molar-refractivity contribution is 0.374. The third-order valence-corrected chi connectivity index (χ3v) is 5.24. The Bertz CT molecular complexity index is 1250. The van der Waals surface area contributed by atoms with Crippen molar-refractivity contribution in [2.75, 3.05) is 0 Å². The average Bonchev–Trinajstić information content (AvgIpc) is 3.35. The molecule has 2 aromatic heterocycles. The van der Waals surface area contributed by atoms with Crippen LogP contribution in [-0.4, -0.2) is 35.9 Å². The van der Waals surface area contributed by atoms with Crippen molar-refractivity contribution >= 4 is 39.6 Å². The summed E-state index contributed by atoms with van der Waals surface area (Å²) in [4.78, 5) is 0. The van der Waals surface area contributed by atoms with Gasteiger partial charge in [0.15, 0.2) is 10.8 Å². The zero-order chi connectivity index (χ0) is 19.3. The van der Waals surface area contributed by atoms with Crippen molar-refractivity contribution in [3.05, 3.63) is 71.3 Å². The maximum absolute atomic E-state index is 6.01. The highest BCUT2D eigenvalue weighted by Gasteiger charge is 2.33. The number of rotatable bonds is 2. The summed E-state index contributed by atoms with van der Waals surface area (Å²) in [5.41, 5.74) is 11.8. The first-order valence-corrected chi connectivity index (χ1v) is 9.35. The van der Waals surface area contributed by atoms with E-state index in [1.54, 1.807) is 9.52 Å². The molecule has 0 spiro atoms. The Hall–Kier alpha value is -3.39. The fraction of sp³-hybridized carbons (Fsp3) is 0.150. The van der Waals surface area contributed by atoms with Crippen LogP contribution >= 0.6 is 12.2 Å². The largest absolute Gasteiger partial charge is 0.375 e. The lowest BCUT2D eigenvalue weighted by Gasteiger charge is -2.22. The van der Waals surface area contributed by atoms with Crippen LogP contribution < -0.4 is 5.73 Å². The minimum Gasteiger partial charge on any atom is -0.375 e. The molecule has 3 heterocycles. The van der Waals surface area contributed by atoms with Crippen molar-refractivity contribution in [3.63, 3.8) is 0 Å². The molecular weight excluding hydrogens is 370 g/mol. The van der Waals surface area contributed by atoms with E-state index in [9.17, 15) is 0 Å².